The Morgan fingerprint density at radius 2 is 1.00 bits per heavy atom. The molecule has 2 aromatic rings. The summed E-state index contributed by atoms with van der Waals surface area (Å²) in [6, 6.07) is 0. The fourth-order valence-electron chi connectivity index (χ4n) is 5.62. The van der Waals surface area contributed by atoms with Crippen molar-refractivity contribution in [2.45, 2.75) is 105 Å². The maximum atomic E-state index is 10.4. The minimum Gasteiger partial charge on any atom is -0.507 e. The number of fused-ring (bicyclic) bond motifs is 2. The van der Waals surface area contributed by atoms with Crippen molar-refractivity contribution in [3.05, 3.63) is 44.5 Å². The number of hydrogen-bond donors (Lipinski definition) is 2. The number of ether oxygens (including phenoxy) is 3. The number of aromatic hydroxyl groups is 2. The van der Waals surface area contributed by atoms with Gasteiger partial charge in [0.1, 0.15) is 34.2 Å². The molecule has 0 bridgehead atoms. The van der Waals surface area contributed by atoms with E-state index in [1.165, 1.54) is 0 Å². The van der Waals surface area contributed by atoms with Crippen LogP contribution >= 0.6 is 12.4 Å². The molecule has 2 heterocycles. The lowest BCUT2D eigenvalue weighted by Crippen LogP contribution is -2.39. The predicted octanol–water partition coefficient (Wildman–Crippen LogP) is 7.03. The van der Waals surface area contributed by atoms with Crippen LogP contribution in [0.3, 0.4) is 0 Å². The van der Waals surface area contributed by atoms with E-state index in [0.717, 1.165) is 94.5 Å². The van der Waals surface area contributed by atoms with Crippen molar-refractivity contribution in [1.82, 2.24) is 0 Å². The largest absolute Gasteiger partial charge is 0.507 e. The summed E-state index contributed by atoms with van der Waals surface area (Å²) in [6.07, 6.45) is 5.28. The quantitative estimate of drug-likeness (QED) is 0.401. The van der Waals surface area contributed by atoms with Crippen molar-refractivity contribution >= 4 is 12.4 Å². The van der Waals surface area contributed by atoms with Crippen LogP contribution in [0.4, 0.5) is 0 Å². The van der Waals surface area contributed by atoms with Crippen LogP contribution in [0.2, 0.25) is 0 Å². The molecule has 0 aromatic heterocycles. The van der Waals surface area contributed by atoms with Gasteiger partial charge in [-0.3, -0.25) is 0 Å². The molecule has 6 heteroatoms. The maximum Gasteiger partial charge on any atom is 0.127 e. The van der Waals surface area contributed by atoms with Crippen LogP contribution in [-0.2, 0) is 17.6 Å². The predicted molar refractivity (Wildman–Crippen MR) is 147 cm³/mol. The number of rotatable bonds is 6. The van der Waals surface area contributed by atoms with Gasteiger partial charge in [0.05, 0.1) is 13.2 Å². The summed E-state index contributed by atoms with van der Waals surface area (Å²) in [4.78, 5) is 0. The topological polar surface area (TPSA) is 68.2 Å². The zero-order chi connectivity index (χ0) is 25.7. The van der Waals surface area contributed by atoms with Crippen LogP contribution in [-0.4, -0.2) is 34.6 Å². The first-order valence-corrected chi connectivity index (χ1v) is 13.0. The molecule has 0 radical (unpaired) electrons. The molecule has 2 aliphatic rings. The molecule has 36 heavy (non-hydrogen) atoms. The van der Waals surface area contributed by atoms with Crippen LogP contribution in [0, 0.1) is 41.5 Å². The van der Waals surface area contributed by atoms with Crippen molar-refractivity contribution < 1.29 is 24.4 Å². The highest BCUT2D eigenvalue weighted by Crippen LogP contribution is 2.45. The third-order valence-electron chi connectivity index (χ3n) is 8.74. The van der Waals surface area contributed by atoms with E-state index in [9.17, 15) is 10.2 Å². The van der Waals surface area contributed by atoms with Gasteiger partial charge >= 0.3 is 0 Å². The van der Waals surface area contributed by atoms with E-state index in [-0.39, 0.29) is 23.6 Å². The summed E-state index contributed by atoms with van der Waals surface area (Å²) in [5.41, 5.74) is 7.50. The molecule has 2 N–H and O–H groups in total. The fourth-order valence-corrected chi connectivity index (χ4v) is 5.62. The monoisotopic (exact) mass is 518 g/mol. The average molecular weight is 519 g/mol. The van der Waals surface area contributed by atoms with Gasteiger partial charge in [0.25, 0.3) is 0 Å². The van der Waals surface area contributed by atoms with Crippen LogP contribution in [0.1, 0.15) is 84.0 Å². The van der Waals surface area contributed by atoms with Gasteiger partial charge in [0.15, 0.2) is 0 Å². The van der Waals surface area contributed by atoms with Crippen LogP contribution in [0.15, 0.2) is 0 Å². The summed E-state index contributed by atoms with van der Waals surface area (Å²) in [6.45, 7) is 17.5. The lowest BCUT2D eigenvalue weighted by Gasteiger charge is -2.39. The van der Waals surface area contributed by atoms with E-state index < -0.39 is 0 Å². The first-order valence-electron chi connectivity index (χ1n) is 13.0. The Labute approximate surface area is 222 Å². The summed E-state index contributed by atoms with van der Waals surface area (Å²) in [5, 5.41) is 20.8. The normalized spacial score (nSPS) is 22.7. The van der Waals surface area contributed by atoms with Gasteiger partial charge in [-0.2, -0.15) is 0 Å². The Hall–Kier alpha value is -2.11. The van der Waals surface area contributed by atoms with E-state index in [4.69, 9.17) is 14.2 Å². The number of phenols is 2. The first kappa shape index (κ1) is 28.5. The second-order valence-electron chi connectivity index (χ2n) is 11.3. The van der Waals surface area contributed by atoms with Gasteiger partial charge in [-0.15, -0.1) is 12.4 Å². The van der Waals surface area contributed by atoms with Gasteiger partial charge in [-0.25, -0.2) is 0 Å². The van der Waals surface area contributed by atoms with Gasteiger partial charge in [0.2, 0.25) is 0 Å². The van der Waals surface area contributed by atoms with E-state index in [1.54, 1.807) is 0 Å². The molecule has 5 nitrogen and oxygen atoms in total. The number of phenolic OH excluding ortho intramolecular Hbond substituents is 2. The molecular weight excluding hydrogens is 476 g/mol. The SMILES string of the molecule is Cc1c(C)c2c(c(C)c1O)CCC(C)(CCOCCC1(C)CCc3c(C)c(O)c(C)c(C)c3O1)O2.Cl. The second-order valence-corrected chi connectivity index (χ2v) is 11.3. The minimum atomic E-state index is -0.272. The van der Waals surface area contributed by atoms with Crippen LogP contribution in [0.25, 0.3) is 0 Å². The molecule has 4 rings (SSSR count). The van der Waals surface area contributed by atoms with E-state index in [1.807, 2.05) is 41.5 Å². The zero-order valence-corrected chi connectivity index (χ0v) is 24.0. The average Bonchev–Trinajstić information content (AvgIpc) is 2.83. The Bertz CT molecular complexity index is 1070. The molecule has 0 fully saturated rings. The molecule has 2 aromatic carbocycles. The van der Waals surface area contributed by atoms with Gasteiger partial charge in [-0.05, 0) is 114 Å². The van der Waals surface area contributed by atoms with Gasteiger partial charge in [0, 0.05) is 24.0 Å². The lowest BCUT2D eigenvalue weighted by molar-refractivity contribution is -0.00581. The molecule has 2 atom stereocenters. The van der Waals surface area contributed by atoms with Crippen molar-refractivity contribution in [2.75, 3.05) is 13.2 Å². The highest BCUT2D eigenvalue weighted by molar-refractivity contribution is 5.85. The van der Waals surface area contributed by atoms with Crippen LogP contribution in [0.5, 0.6) is 23.0 Å². The van der Waals surface area contributed by atoms with Crippen molar-refractivity contribution in [3.8, 4) is 23.0 Å². The molecule has 0 spiro atoms. The molecule has 2 unspecified atom stereocenters. The Kier molecular flexibility index (Phi) is 8.17. The second kappa shape index (κ2) is 10.3. The maximum absolute atomic E-state index is 10.4. The van der Waals surface area contributed by atoms with E-state index in [2.05, 4.69) is 13.8 Å². The van der Waals surface area contributed by atoms with Crippen molar-refractivity contribution in [3.63, 3.8) is 0 Å². The molecule has 200 valence electrons. The number of hydrogen-bond acceptors (Lipinski definition) is 5. The smallest absolute Gasteiger partial charge is 0.127 e. The molecule has 2 aliphatic heterocycles. The molecular formula is C30H43ClO5. The zero-order valence-electron chi connectivity index (χ0n) is 23.2. The summed E-state index contributed by atoms with van der Waals surface area (Å²) >= 11 is 0. The Balaban J connectivity index is 0.00000361. The summed E-state index contributed by atoms with van der Waals surface area (Å²) < 4.78 is 19.2. The van der Waals surface area contributed by atoms with Gasteiger partial charge in [-0.1, -0.05) is 0 Å². The first-order chi connectivity index (χ1) is 16.4. The molecule has 0 amide bonds. The molecule has 0 aliphatic carbocycles. The standard InChI is InChI=1S/C30H42O5.ClH/c1-17-19(3)27-23(21(5)25(17)31)9-11-29(7,34-27)13-15-33-16-14-30(8)12-10-24-22(6)26(32)18(2)20(4)28(24)35-30;/h31-32H,9-16H2,1-8H3;1H. The highest BCUT2D eigenvalue weighted by atomic mass is 35.5. The van der Waals surface area contributed by atoms with E-state index >= 15 is 0 Å². The summed E-state index contributed by atoms with van der Waals surface area (Å²) in [7, 11) is 0. The Morgan fingerprint density at radius 1 is 0.639 bits per heavy atom. The molecule has 0 saturated heterocycles. The molecule has 0 saturated carbocycles. The number of halogens is 1. The van der Waals surface area contributed by atoms with Crippen molar-refractivity contribution in [1.29, 1.82) is 0 Å². The minimum absolute atomic E-state index is 0. The van der Waals surface area contributed by atoms with Crippen LogP contribution < -0.4 is 9.47 Å². The van der Waals surface area contributed by atoms with Gasteiger partial charge < -0.3 is 24.4 Å². The van der Waals surface area contributed by atoms with Crippen molar-refractivity contribution in [2.24, 2.45) is 0 Å². The highest BCUT2D eigenvalue weighted by Gasteiger charge is 2.36. The third kappa shape index (κ3) is 5.02. The number of benzene rings is 2. The Morgan fingerprint density at radius 3 is 1.36 bits per heavy atom. The summed E-state index contributed by atoms with van der Waals surface area (Å²) in [5.74, 6) is 2.69. The lowest BCUT2D eigenvalue weighted by atomic mass is 9.85. The fraction of sp³-hybridized carbons (Fsp3) is 0.600. The third-order valence-corrected chi connectivity index (χ3v) is 8.74. The van der Waals surface area contributed by atoms with E-state index in [0.29, 0.717) is 24.7 Å².